The van der Waals surface area contributed by atoms with Crippen LogP contribution in [0.25, 0.3) is 0 Å². The lowest BCUT2D eigenvalue weighted by molar-refractivity contribution is -0.113. The molecule has 1 atom stereocenters. The van der Waals surface area contributed by atoms with Gasteiger partial charge in [0.1, 0.15) is 5.76 Å². The molecule has 20 heavy (non-hydrogen) atoms. The van der Waals surface area contributed by atoms with Crippen LogP contribution in [0.4, 0.5) is 5.69 Å². The Balaban J connectivity index is 1.86. The van der Waals surface area contributed by atoms with Gasteiger partial charge in [0, 0.05) is 17.3 Å². The molecule has 1 amide bonds. The number of carbonyl (C=O) groups excluding carboxylic acids is 1. The number of rotatable bonds is 1. The molecule has 0 saturated carbocycles. The molecular formula is C14H11NO4S. The SMILES string of the molecule is O=C1CSC(c2ccco2)c2cc3c(cc2N1)OCO3. The highest BCUT2D eigenvalue weighted by atomic mass is 32.2. The van der Waals surface area contributed by atoms with Crippen molar-refractivity contribution in [2.24, 2.45) is 0 Å². The summed E-state index contributed by atoms with van der Waals surface area (Å²) in [5.74, 6) is 2.55. The van der Waals surface area contributed by atoms with Crippen LogP contribution in [0.15, 0.2) is 34.9 Å². The minimum absolute atomic E-state index is 0.0239. The third-order valence-corrected chi connectivity index (χ3v) is 4.53. The molecule has 2 aliphatic heterocycles. The molecule has 0 fully saturated rings. The molecule has 0 radical (unpaired) electrons. The zero-order valence-corrected chi connectivity index (χ0v) is 11.2. The third-order valence-electron chi connectivity index (χ3n) is 3.28. The second-order valence-electron chi connectivity index (χ2n) is 4.55. The first-order chi connectivity index (χ1) is 9.81. The van der Waals surface area contributed by atoms with Crippen molar-refractivity contribution in [1.82, 2.24) is 0 Å². The van der Waals surface area contributed by atoms with Gasteiger partial charge in [-0.3, -0.25) is 4.79 Å². The molecule has 2 aliphatic rings. The molecule has 0 saturated heterocycles. The summed E-state index contributed by atoms with van der Waals surface area (Å²) in [6.07, 6.45) is 1.64. The molecule has 3 heterocycles. The van der Waals surface area contributed by atoms with Crippen molar-refractivity contribution >= 4 is 23.4 Å². The van der Waals surface area contributed by atoms with E-state index in [0.29, 0.717) is 17.3 Å². The van der Waals surface area contributed by atoms with Gasteiger partial charge in [0.05, 0.1) is 17.3 Å². The lowest BCUT2D eigenvalue weighted by atomic mass is 10.1. The fourth-order valence-corrected chi connectivity index (χ4v) is 3.46. The molecule has 1 aromatic heterocycles. The van der Waals surface area contributed by atoms with E-state index in [1.807, 2.05) is 24.3 Å². The smallest absolute Gasteiger partial charge is 0.234 e. The van der Waals surface area contributed by atoms with Crippen LogP contribution in [0.5, 0.6) is 11.5 Å². The van der Waals surface area contributed by atoms with Gasteiger partial charge < -0.3 is 19.2 Å². The van der Waals surface area contributed by atoms with Crippen molar-refractivity contribution in [2.75, 3.05) is 17.9 Å². The minimum atomic E-state index is -0.0338. The highest BCUT2D eigenvalue weighted by Gasteiger charge is 2.29. The van der Waals surface area contributed by atoms with E-state index in [1.165, 1.54) is 11.8 Å². The summed E-state index contributed by atoms with van der Waals surface area (Å²) >= 11 is 1.54. The van der Waals surface area contributed by atoms with Gasteiger partial charge in [-0.1, -0.05) is 0 Å². The molecule has 0 spiro atoms. The lowest BCUT2D eigenvalue weighted by Crippen LogP contribution is -2.12. The number of anilines is 1. The van der Waals surface area contributed by atoms with Crippen LogP contribution in [-0.2, 0) is 4.79 Å². The minimum Gasteiger partial charge on any atom is -0.468 e. The van der Waals surface area contributed by atoms with Gasteiger partial charge >= 0.3 is 0 Å². The van der Waals surface area contributed by atoms with E-state index < -0.39 is 0 Å². The average molecular weight is 289 g/mol. The third kappa shape index (κ3) is 1.84. The maximum Gasteiger partial charge on any atom is 0.234 e. The van der Waals surface area contributed by atoms with E-state index in [4.69, 9.17) is 13.9 Å². The summed E-state index contributed by atoms with van der Waals surface area (Å²) in [5, 5.41) is 2.87. The second-order valence-corrected chi connectivity index (χ2v) is 5.64. The van der Waals surface area contributed by atoms with Crippen LogP contribution in [0.1, 0.15) is 16.6 Å². The first-order valence-corrected chi connectivity index (χ1v) is 7.24. The van der Waals surface area contributed by atoms with Crippen molar-refractivity contribution in [3.05, 3.63) is 41.9 Å². The Labute approximate surface area is 119 Å². The van der Waals surface area contributed by atoms with Gasteiger partial charge in [-0.15, -0.1) is 11.8 Å². The van der Waals surface area contributed by atoms with Crippen LogP contribution < -0.4 is 14.8 Å². The van der Waals surface area contributed by atoms with E-state index >= 15 is 0 Å². The summed E-state index contributed by atoms with van der Waals surface area (Å²) in [6, 6.07) is 7.51. The molecule has 0 bridgehead atoms. The largest absolute Gasteiger partial charge is 0.468 e. The number of amides is 1. The summed E-state index contributed by atoms with van der Waals surface area (Å²) < 4.78 is 16.3. The zero-order chi connectivity index (χ0) is 13.5. The highest BCUT2D eigenvalue weighted by molar-refractivity contribution is 8.00. The number of hydrogen-bond acceptors (Lipinski definition) is 5. The predicted molar refractivity (Wildman–Crippen MR) is 74.2 cm³/mol. The van der Waals surface area contributed by atoms with Crippen LogP contribution >= 0.6 is 11.8 Å². The quantitative estimate of drug-likeness (QED) is 0.874. The number of benzene rings is 1. The molecule has 0 aliphatic carbocycles. The standard InChI is InChI=1S/C14H11NO4S/c16-13-6-20-14(10-2-1-3-17-10)8-4-11-12(19-7-18-11)5-9(8)15-13/h1-5,14H,6-7H2,(H,15,16). The van der Waals surface area contributed by atoms with Crippen molar-refractivity contribution in [2.45, 2.75) is 5.25 Å². The van der Waals surface area contributed by atoms with Crippen molar-refractivity contribution in [3.8, 4) is 11.5 Å². The van der Waals surface area contributed by atoms with Gasteiger partial charge in [0.15, 0.2) is 11.5 Å². The van der Waals surface area contributed by atoms with Crippen molar-refractivity contribution in [3.63, 3.8) is 0 Å². The molecule has 5 nitrogen and oxygen atoms in total. The number of nitrogens with one attached hydrogen (secondary N) is 1. The summed E-state index contributed by atoms with van der Waals surface area (Å²) in [7, 11) is 0. The topological polar surface area (TPSA) is 60.7 Å². The fourth-order valence-electron chi connectivity index (χ4n) is 2.39. The Hall–Kier alpha value is -2.08. The molecule has 2 aromatic rings. The summed E-state index contributed by atoms with van der Waals surface area (Å²) in [5.41, 5.74) is 1.73. The van der Waals surface area contributed by atoms with Gasteiger partial charge in [0.25, 0.3) is 0 Å². The van der Waals surface area contributed by atoms with Gasteiger partial charge in [-0.05, 0) is 18.2 Å². The van der Waals surface area contributed by atoms with E-state index in [9.17, 15) is 4.79 Å². The highest BCUT2D eigenvalue weighted by Crippen LogP contribution is 2.46. The van der Waals surface area contributed by atoms with E-state index in [2.05, 4.69) is 5.32 Å². The Morgan fingerprint density at radius 2 is 2.10 bits per heavy atom. The number of thioether (sulfide) groups is 1. The van der Waals surface area contributed by atoms with Crippen LogP contribution in [0, 0.1) is 0 Å². The van der Waals surface area contributed by atoms with Crippen LogP contribution in [0.3, 0.4) is 0 Å². The number of hydrogen-bond donors (Lipinski definition) is 1. The Morgan fingerprint density at radius 3 is 2.90 bits per heavy atom. The maximum absolute atomic E-state index is 11.8. The Bertz CT molecular complexity index is 668. The van der Waals surface area contributed by atoms with Crippen molar-refractivity contribution < 1.29 is 18.7 Å². The molecule has 6 heteroatoms. The first kappa shape index (κ1) is 11.7. The van der Waals surface area contributed by atoms with E-state index in [0.717, 1.165) is 17.0 Å². The first-order valence-electron chi connectivity index (χ1n) is 6.19. The van der Waals surface area contributed by atoms with Crippen LogP contribution in [-0.4, -0.2) is 18.5 Å². The molecule has 4 rings (SSSR count). The number of fused-ring (bicyclic) bond motifs is 2. The number of carbonyl (C=O) groups is 1. The Morgan fingerprint density at radius 1 is 1.25 bits per heavy atom. The van der Waals surface area contributed by atoms with Crippen LogP contribution in [0.2, 0.25) is 0 Å². The number of ether oxygens (including phenoxy) is 2. The van der Waals surface area contributed by atoms with Gasteiger partial charge in [0.2, 0.25) is 12.7 Å². The van der Waals surface area contributed by atoms with Crippen molar-refractivity contribution in [1.29, 1.82) is 0 Å². The van der Waals surface area contributed by atoms with E-state index in [1.54, 1.807) is 6.26 Å². The maximum atomic E-state index is 11.8. The monoisotopic (exact) mass is 289 g/mol. The normalized spacial score (nSPS) is 20.2. The average Bonchev–Trinajstić information content (AvgIpc) is 3.07. The number of furan rings is 1. The summed E-state index contributed by atoms with van der Waals surface area (Å²) in [4.78, 5) is 11.8. The fraction of sp³-hybridized carbons (Fsp3) is 0.214. The molecule has 1 unspecified atom stereocenters. The predicted octanol–water partition coefficient (Wildman–Crippen LogP) is 2.78. The van der Waals surface area contributed by atoms with Gasteiger partial charge in [-0.2, -0.15) is 0 Å². The van der Waals surface area contributed by atoms with E-state index in [-0.39, 0.29) is 18.0 Å². The zero-order valence-electron chi connectivity index (χ0n) is 10.4. The Kier molecular flexibility index (Phi) is 2.63. The molecule has 1 aromatic carbocycles. The molecule has 1 N–H and O–H groups in total. The molecule has 102 valence electrons. The second kappa shape index (κ2) is 4.49. The molecular weight excluding hydrogens is 278 g/mol. The lowest BCUT2D eigenvalue weighted by Gasteiger charge is -2.14. The van der Waals surface area contributed by atoms with Gasteiger partial charge in [-0.25, -0.2) is 0 Å². The summed E-state index contributed by atoms with van der Waals surface area (Å²) in [6.45, 7) is 0.213.